The van der Waals surface area contributed by atoms with E-state index in [1.54, 1.807) is 0 Å². The van der Waals surface area contributed by atoms with Crippen LogP contribution in [0.15, 0.2) is 18.2 Å². The van der Waals surface area contributed by atoms with E-state index in [9.17, 15) is 22.4 Å². The predicted octanol–water partition coefficient (Wildman–Crippen LogP) is 0.247. The summed E-state index contributed by atoms with van der Waals surface area (Å²) in [5, 5.41) is 5.35. The van der Waals surface area contributed by atoms with E-state index in [2.05, 4.69) is 10.6 Å². The summed E-state index contributed by atoms with van der Waals surface area (Å²) in [6.07, 6.45) is 2.21. The van der Waals surface area contributed by atoms with Gasteiger partial charge in [-0.3, -0.25) is 9.59 Å². The van der Waals surface area contributed by atoms with Gasteiger partial charge in [-0.15, -0.1) is 0 Å². The molecule has 3 rings (SSSR count). The van der Waals surface area contributed by atoms with Crippen molar-refractivity contribution < 1.29 is 27.1 Å². The summed E-state index contributed by atoms with van der Waals surface area (Å²) in [6, 6.07) is 2.70. The fourth-order valence-corrected chi connectivity index (χ4v) is 5.05. The van der Waals surface area contributed by atoms with Crippen LogP contribution in [0.5, 0.6) is 5.75 Å². The van der Waals surface area contributed by atoms with Crippen LogP contribution in [-0.4, -0.2) is 62.6 Å². The van der Waals surface area contributed by atoms with Gasteiger partial charge in [0.15, 0.2) is 0 Å². The number of rotatable bonds is 1. The fraction of sp³-hybridized carbons (Fsp3) is 0.529. The third kappa shape index (κ3) is 4.56. The van der Waals surface area contributed by atoms with Crippen molar-refractivity contribution >= 4 is 21.8 Å². The molecule has 2 amide bonds. The first kappa shape index (κ1) is 19.6. The minimum atomic E-state index is -3.56. The van der Waals surface area contributed by atoms with Crippen molar-refractivity contribution in [2.75, 3.05) is 26.0 Å². The normalized spacial score (nSPS) is 25.0. The Bertz CT molecular complexity index is 845. The maximum absolute atomic E-state index is 13.6. The van der Waals surface area contributed by atoms with Crippen LogP contribution >= 0.6 is 0 Å². The molecule has 27 heavy (non-hydrogen) atoms. The smallest absolute Gasteiger partial charge is 0.255 e. The number of sulfonamides is 1. The molecule has 2 bridgehead atoms. The monoisotopic (exact) mass is 399 g/mol. The van der Waals surface area contributed by atoms with E-state index in [4.69, 9.17) is 4.74 Å². The molecule has 8 nitrogen and oxygen atoms in total. The summed E-state index contributed by atoms with van der Waals surface area (Å²) in [5.74, 6) is -1.19. The molecular formula is C17H22FN3O5S. The lowest BCUT2D eigenvalue weighted by molar-refractivity contribution is -0.121. The highest BCUT2D eigenvalue weighted by Crippen LogP contribution is 2.29. The van der Waals surface area contributed by atoms with Crippen molar-refractivity contribution in [3.63, 3.8) is 0 Å². The lowest BCUT2D eigenvalue weighted by Gasteiger charge is -2.28. The van der Waals surface area contributed by atoms with Crippen LogP contribution in [0, 0.1) is 5.82 Å². The zero-order valence-electron chi connectivity index (χ0n) is 14.9. The summed E-state index contributed by atoms with van der Waals surface area (Å²) in [6.45, 7) is 0.354. The number of carbonyl (C=O) groups is 2. The van der Waals surface area contributed by atoms with E-state index in [-0.39, 0.29) is 43.3 Å². The van der Waals surface area contributed by atoms with Gasteiger partial charge < -0.3 is 15.4 Å². The van der Waals surface area contributed by atoms with Crippen molar-refractivity contribution in [2.24, 2.45) is 0 Å². The SMILES string of the molecule is CS(=O)(=O)N1[C@@H]2CC[C@H]1CC(=O)NCCOc1ccc(F)cc1C(=O)NC2. The molecule has 10 heteroatoms. The summed E-state index contributed by atoms with van der Waals surface area (Å²) >= 11 is 0. The molecule has 0 spiro atoms. The maximum atomic E-state index is 13.6. The highest BCUT2D eigenvalue weighted by atomic mass is 32.2. The average molecular weight is 399 g/mol. The van der Waals surface area contributed by atoms with Crippen LogP contribution < -0.4 is 15.4 Å². The van der Waals surface area contributed by atoms with E-state index in [0.717, 1.165) is 12.3 Å². The Hall–Kier alpha value is -2.20. The number of amides is 2. The molecule has 1 saturated heterocycles. The zero-order chi connectivity index (χ0) is 19.6. The standard InChI is InChI=1S/C17H22FN3O5S/c1-27(24,25)21-12-3-4-13(21)10-20-17(23)14-8-11(18)2-5-15(14)26-7-6-19-16(22)9-12/h2,5,8,12-13H,3-4,6-7,9-10H2,1H3,(H,19,22)(H,20,23)/t12-,13+/m0/s1. The molecule has 2 heterocycles. The Morgan fingerprint density at radius 3 is 2.67 bits per heavy atom. The van der Waals surface area contributed by atoms with Crippen LogP contribution in [0.1, 0.15) is 29.6 Å². The quantitative estimate of drug-likeness (QED) is 0.704. The van der Waals surface area contributed by atoms with Crippen molar-refractivity contribution in [1.29, 1.82) is 0 Å². The lowest BCUT2D eigenvalue weighted by Crippen LogP contribution is -2.47. The Morgan fingerprint density at radius 1 is 1.19 bits per heavy atom. The average Bonchev–Trinajstić information content (AvgIpc) is 2.99. The van der Waals surface area contributed by atoms with Crippen molar-refractivity contribution in [2.45, 2.75) is 31.3 Å². The van der Waals surface area contributed by atoms with Crippen molar-refractivity contribution in [3.8, 4) is 5.75 Å². The zero-order valence-corrected chi connectivity index (χ0v) is 15.7. The van der Waals surface area contributed by atoms with E-state index in [1.165, 1.54) is 16.4 Å². The molecule has 2 aliphatic heterocycles. The minimum absolute atomic E-state index is 0.0267. The van der Waals surface area contributed by atoms with Crippen LogP contribution in [-0.2, 0) is 14.8 Å². The number of nitrogens with one attached hydrogen (secondary N) is 2. The van der Waals surface area contributed by atoms with Crippen molar-refractivity contribution in [1.82, 2.24) is 14.9 Å². The second-order valence-electron chi connectivity index (χ2n) is 6.73. The molecule has 148 valence electrons. The third-order valence-corrected chi connectivity index (χ3v) is 6.09. The minimum Gasteiger partial charge on any atom is -0.491 e. The largest absolute Gasteiger partial charge is 0.491 e. The number of nitrogens with zero attached hydrogens (tertiary/aromatic N) is 1. The molecule has 0 aromatic heterocycles. The molecule has 1 aromatic rings. The fourth-order valence-electron chi connectivity index (χ4n) is 3.61. The first-order valence-corrected chi connectivity index (χ1v) is 10.6. The van der Waals surface area contributed by atoms with Crippen LogP contribution in [0.2, 0.25) is 0 Å². The van der Waals surface area contributed by atoms with Gasteiger partial charge in [0.25, 0.3) is 5.91 Å². The number of fused-ring (bicyclic) bond motifs is 3. The first-order valence-electron chi connectivity index (χ1n) is 8.71. The summed E-state index contributed by atoms with van der Waals surface area (Å²) in [7, 11) is -3.56. The molecule has 0 radical (unpaired) electrons. The van der Waals surface area contributed by atoms with E-state index in [0.29, 0.717) is 12.8 Å². The molecular weight excluding hydrogens is 377 g/mol. The van der Waals surface area contributed by atoms with Crippen LogP contribution in [0.3, 0.4) is 0 Å². The third-order valence-electron chi connectivity index (χ3n) is 4.72. The molecule has 0 aliphatic carbocycles. The van der Waals surface area contributed by atoms with Gasteiger partial charge in [0.05, 0.1) is 18.4 Å². The second kappa shape index (κ2) is 7.81. The molecule has 1 aromatic carbocycles. The van der Waals surface area contributed by atoms with Gasteiger partial charge in [-0.2, -0.15) is 4.31 Å². The Labute approximate surface area is 157 Å². The summed E-state index contributed by atoms with van der Waals surface area (Å²) < 4.78 is 44.9. The Balaban J connectivity index is 1.89. The molecule has 2 atom stereocenters. The lowest BCUT2D eigenvalue weighted by atomic mass is 10.1. The Kier molecular flexibility index (Phi) is 5.66. The van der Waals surface area contributed by atoms with Gasteiger partial charge in [0.2, 0.25) is 15.9 Å². The van der Waals surface area contributed by atoms with Crippen LogP contribution in [0.4, 0.5) is 4.39 Å². The number of hydrogen-bond donors (Lipinski definition) is 2. The highest BCUT2D eigenvalue weighted by molar-refractivity contribution is 7.88. The van der Waals surface area contributed by atoms with Crippen LogP contribution in [0.25, 0.3) is 0 Å². The number of ether oxygens (including phenoxy) is 1. The van der Waals surface area contributed by atoms with E-state index in [1.807, 2.05) is 0 Å². The second-order valence-corrected chi connectivity index (χ2v) is 8.62. The summed E-state index contributed by atoms with van der Waals surface area (Å²) in [4.78, 5) is 24.7. The number of benzene rings is 1. The summed E-state index contributed by atoms with van der Waals surface area (Å²) in [5.41, 5.74) is 0.0267. The molecule has 0 saturated carbocycles. The molecule has 2 N–H and O–H groups in total. The topological polar surface area (TPSA) is 105 Å². The highest BCUT2D eigenvalue weighted by Gasteiger charge is 2.40. The van der Waals surface area contributed by atoms with Gasteiger partial charge in [0, 0.05) is 25.0 Å². The Morgan fingerprint density at radius 2 is 1.93 bits per heavy atom. The van der Waals surface area contributed by atoms with Gasteiger partial charge in [-0.1, -0.05) is 0 Å². The van der Waals surface area contributed by atoms with Gasteiger partial charge in [-0.25, -0.2) is 12.8 Å². The maximum Gasteiger partial charge on any atom is 0.255 e. The number of halogens is 1. The molecule has 0 unspecified atom stereocenters. The first-order chi connectivity index (χ1) is 12.8. The van der Waals surface area contributed by atoms with E-state index < -0.39 is 33.8 Å². The molecule has 1 fully saturated rings. The number of carbonyl (C=O) groups excluding carboxylic acids is 2. The number of hydrogen-bond acceptors (Lipinski definition) is 5. The van der Waals surface area contributed by atoms with Crippen molar-refractivity contribution in [3.05, 3.63) is 29.6 Å². The van der Waals surface area contributed by atoms with Gasteiger partial charge in [-0.05, 0) is 31.0 Å². The van der Waals surface area contributed by atoms with Gasteiger partial charge >= 0.3 is 0 Å². The molecule has 2 aliphatic rings. The van der Waals surface area contributed by atoms with Gasteiger partial charge in [0.1, 0.15) is 18.2 Å². The van der Waals surface area contributed by atoms with E-state index >= 15 is 0 Å². The predicted molar refractivity (Wildman–Crippen MR) is 95.3 cm³/mol.